The summed E-state index contributed by atoms with van der Waals surface area (Å²) in [6.45, 7) is 4.50. The summed E-state index contributed by atoms with van der Waals surface area (Å²) in [5.41, 5.74) is 5.21. The Labute approximate surface area is 179 Å². The highest BCUT2D eigenvalue weighted by Crippen LogP contribution is 2.42. The lowest BCUT2D eigenvalue weighted by Gasteiger charge is -2.09. The Hall–Kier alpha value is -3.20. The quantitative estimate of drug-likeness (QED) is 0.608. The van der Waals surface area contributed by atoms with E-state index < -0.39 is 0 Å². The van der Waals surface area contributed by atoms with Gasteiger partial charge in [-0.25, -0.2) is 14.8 Å². The minimum Gasteiger partial charge on any atom is -0.373 e. The molecule has 0 aromatic carbocycles. The van der Waals surface area contributed by atoms with Gasteiger partial charge in [-0.05, 0) is 31.4 Å². The molecule has 9 heteroatoms. The Kier molecular flexibility index (Phi) is 5.54. The summed E-state index contributed by atoms with van der Waals surface area (Å²) in [7, 11) is 5.28. The van der Waals surface area contributed by atoms with Crippen molar-refractivity contribution >= 4 is 28.3 Å². The highest BCUT2D eigenvalue weighted by atomic mass is 32.1. The fraction of sp³-hybridized carbons (Fsp3) is 0.333. The molecule has 0 radical (unpaired) electrons. The van der Waals surface area contributed by atoms with Gasteiger partial charge < -0.3 is 10.2 Å². The lowest BCUT2D eigenvalue weighted by Crippen LogP contribution is -2.27. The lowest BCUT2D eigenvalue weighted by atomic mass is 10.0. The van der Waals surface area contributed by atoms with Gasteiger partial charge in [0.1, 0.15) is 5.82 Å². The van der Waals surface area contributed by atoms with E-state index in [1.54, 1.807) is 14.1 Å². The first kappa shape index (κ1) is 20.1. The number of amides is 2. The molecule has 0 spiro atoms. The van der Waals surface area contributed by atoms with Crippen LogP contribution in [0.1, 0.15) is 17.7 Å². The maximum Gasteiger partial charge on any atom is 0.323 e. The van der Waals surface area contributed by atoms with Gasteiger partial charge in [0, 0.05) is 38.5 Å². The van der Waals surface area contributed by atoms with Gasteiger partial charge in [-0.2, -0.15) is 5.10 Å². The Balaban J connectivity index is 1.82. The second-order valence-electron chi connectivity index (χ2n) is 7.30. The van der Waals surface area contributed by atoms with Gasteiger partial charge in [0.05, 0.1) is 28.5 Å². The molecule has 0 saturated heterocycles. The van der Waals surface area contributed by atoms with Gasteiger partial charge in [0.15, 0.2) is 5.13 Å². The van der Waals surface area contributed by atoms with Crippen LogP contribution in [-0.4, -0.2) is 51.8 Å². The Morgan fingerprint density at radius 3 is 2.87 bits per heavy atom. The number of aryl methyl sites for hydroxylation is 1. The number of rotatable bonds is 5. The summed E-state index contributed by atoms with van der Waals surface area (Å²) < 4.78 is 1.99. The number of nitrogens with one attached hydrogen (secondary N) is 2. The monoisotopic (exact) mass is 423 g/mol. The molecule has 4 rings (SSSR count). The van der Waals surface area contributed by atoms with E-state index in [0.29, 0.717) is 11.7 Å². The van der Waals surface area contributed by atoms with Crippen molar-refractivity contribution in [3.63, 3.8) is 0 Å². The molecule has 0 atom stereocenters. The third-order valence-electron chi connectivity index (χ3n) is 5.02. The molecule has 0 bridgehead atoms. The van der Waals surface area contributed by atoms with E-state index in [9.17, 15) is 4.79 Å². The summed E-state index contributed by atoms with van der Waals surface area (Å²) in [5, 5.41) is 11.5. The summed E-state index contributed by atoms with van der Waals surface area (Å²) in [6, 6.07) is 3.81. The van der Waals surface area contributed by atoms with Crippen LogP contribution < -0.4 is 10.6 Å². The van der Waals surface area contributed by atoms with E-state index in [1.807, 2.05) is 36.1 Å². The van der Waals surface area contributed by atoms with Crippen LogP contribution in [-0.2, 0) is 19.4 Å². The molecule has 156 valence electrons. The van der Waals surface area contributed by atoms with Crippen molar-refractivity contribution < 1.29 is 4.79 Å². The number of fused-ring (bicyclic) bond motifs is 3. The molecular formula is C21H25N7OS. The smallest absolute Gasteiger partial charge is 0.323 e. The van der Waals surface area contributed by atoms with Crippen molar-refractivity contribution in [3.05, 3.63) is 42.2 Å². The van der Waals surface area contributed by atoms with Gasteiger partial charge in [-0.15, -0.1) is 6.58 Å². The molecule has 2 amide bonds. The molecule has 1 aliphatic rings. The number of anilines is 2. The Morgan fingerprint density at radius 2 is 2.20 bits per heavy atom. The SMILES string of the molecule is C=CCn1nc(-c2ccc(NC)nc2)c2c1-c1sc(NC(=O)N(C)C)nc1CCC2. The third-order valence-corrected chi connectivity index (χ3v) is 6.04. The minimum absolute atomic E-state index is 0.185. The van der Waals surface area contributed by atoms with Crippen LogP contribution in [0.25, 0.3) is 21.8 Å². The second-order valence-corrected chi connectivity index (χ2v) is 8.30. The zero-order valence-corrected chi connectivity index (χ0v) is 18.2. The molecule has 3 aromatic heterocycles. The molecule has 3 aromatic rings. The van der Waals surface area contributed by atoms with E-state index in [1.165, 1.54) is 21.8 Å². The average molecular weight is 424 g/mol. The number of nitrogens with zero attached hydrogens (tertiary/aromatic N) is 5. The van der Waals surface area contributed by atoms with Crippen molar-refractivity contribution in [3.8, 4) is 21.8 Å². The average Bonchev–Trinajstić information content (AvgIpc) is 3.24. The van der Waals surface area contributed by atoms with Crippen LogP contribution in [0.5, 0.6) is 0 Å². The standard InChI is InChI=1S/C21H25N7OS/c1-5-11-28-18-14(17(26-28)13-9-10-16(22-2)23-12-13)7-6-8-15-19(18)30-20(24-15)25-21(29)27(3)4/h5,9-10,12H,1,6-8,11H2,2-4H3,(H,22,23)(H,24,25,29). The molecule has 0 aliphatic heterocycles. The molecule has 3 heterocycles. The van der Waals surface area contributed by atoms with Crippen LogP contribution in [0.3, 0.4) is 0 Å². The first-order chi connectivity index (χ1) is 14.5. The topological polar surface area (TPSA) is 88.0 Å². The normalized spacial score (nSPS) is 12.5. The van der Waals surface area contributed by atoms with Gasteiger partial charge in [-0.1, -0.05) is 17.4 Å². The number of hydrogen-bond donors (Lipinski definition) is 2. The molecule has 0 fully saturated rings. The summed E-state index contributed by atoms with van der Waals surface area (Å²) in [6.07, 6.45) is 6.45. The summed E-state index contributed by atoms with van der Waals surface area (Å²) in [4.78, 5) is 23.8. The molecule has 30 heavy (non-hydrogen) atoms. The van der Waals surface area contributed by atoms with Crippen molar-refractivity contribution in [2.75, 3.05) is 31.8 Å². The highest BCUT2D eigenvalue weighted by Gasteiger charge is 2.27. The van der Waals surface area contributed by atoms with Gasteiger partial charge in [0.25, 0.3) is 0 Å². The minimum atomic E-state index is -0.185. The van der Waals surface area contributed by atoms with Crippen molar-refractivity contribution in [2.45, 2.75) is 25.8 Å². The fourth-order valence-electron chi connectivity index (χ4n) is 3.55. The van der Waals surface area contributed by atoms with Crippen LogP contribution in [0.15, 0.2) is 31.0 Å². The van der Waals surface area contributed by atoms with Gasteiger partial charge >= 0.3 is 6.03 Å². The van der Waals surface area contributed by atoms with E-state index in [2.05, 4.69) is 22.2 Å². The van der Waals surface area contributed by atoms with E-state index >= 15 is 0 Å². The first-order valence-electron chi connectivity index (χ1n) is 9.85. The molecule has 2 N–H and O–H groups in total. The lowest BCUT2D eigenvalue weighted by molar-refractivity contribution is 0.230. The predicted molar refractivity (Wildman–Crippen MR) is 121 cm³/mol. The number of carbonyl (C=O) groups excluding carboxylic acids is 1. The molecular weight excluding hydrogens is 398 g/mol. The maximum absolute atomic E-state index is 12.1. The van der Waals surface area contributed by atoms with Crippen molar-refractivity contribution in [1.82, 2.24) is 24.6 Å². The second kappa shape index (κ2) is 8.27. The Morgan fingerprint density at radius 1 is 1.37 bits per heavy atom. The van der Waals surface area contributed by atoms with E-state index in [-0.39, 0.29) is 6.03 Å². The van der Waals surface area contributed by atoms with Crippen molar-refractivity contribution in [1.29, 1.82) is 0 Å². The number of thiazole rings is 1. The molecule has 8 nitrogen and oxygen atoms in total. The number of aromatic nitrogens is 4. The molecule has 1 aliphatic carbocycles. The van der Waals surface area contributed by atoms with Gasteiger partial charge in [-0.3, -0.25) is 10.00 Å². The van der Waals surface area contributed by atoms with E-state index in [4.69, 9.17) is 10.1 Å². The number of carbonyl (C=O) groups is 1. The number of allylic oxidation sites excluding steroid dienone is 1. The molecule has 0 unspecified atom stereocenters. The summed E-state index contributed by atoms with van der Waals surface area (Å²) >= 11 is 1.50. The molecule has 0 saturated carbocycles. The number of pyridine rings is 1. The maximum atomic E-state index is 12.1. The number of urea groups is 1. The zero-order chi connectivity index (χ0) is 21.3. The Bertz CT molecular complexity index is 1080. The summed E-state index contributed by atoms with van der Waals surface area (Å²) in [5.74, 6) is 0.821. The van der Waals surface area contributed by atoms with Crippen LogP contribution in [0, 0.1) is 0 Å². The highest BCUT2D eigenvalue weighted by molar-refractivity contribution is 7.19. The third kappa shape index (κ3) is 3.68. The number of hydrogen-bond acceptors (Lipinski definition) is 6. The fourth-order valence-corrected chi connectivity index (χ4v) is 4.63. The zero-order valence-electron chi connectivity index (χ0n) is 17.4. The first-order valence-corrected chi connectivity index (χ1v) is 10.7. The largest absolute Gasteiger partial charge is 0.373 e. The van der Waals surface area contributed by atoms with Crippen LogP contribution in [0.2, 0.25) is 0 Å². The predicted octanol–water partition coefficient (Wildman–Crippen LogP) is 3.88. The van der Waals surface area contributed by atoms with Crippen LogP contribution >= 0.6 is 11.3 Å². The van der Waals surface area contributed by atoms with Crippen molar-refractivity contribution in [2.24, 2.45) is 0 Å². The van der Waals surface area contributed by atoms with Gasteiger partial charge in [0.2, 0.25) is 0 Å². The van der Waals surface area contributed by atoms with E-state index in [0.717, 1.165) is 52.6 Å². The van der Waals surface area contributed by atoms with Crippen LogP contribution in [0.4, 0.5) is 15.7 Å².